The van der Waals surface area contributed by atoms with Gasteiger partial charge >= 0.3 is 0 Å². The van der Waals surface area contributed by atoms with Crippen molar-refractivity contribution in [1.29, 1.82) is 0 Å². The van der Waals surface area contributed by atoms with Gasteiger partial charge in [0.25, 0.3) is 0 Å². The minimum atomic E-state index is 0.519. The molecule has 28 heavy (non-hydrogen) atoms. The molecule has 1 aliphatic carbocycles. The van der Waals surface area contributed by atoms with Gasteiger partial charge in [0, 0.05) is 51.3 Å². The summed E-state index contributed by atoms with van der Waals surface area (Å²) in [7, 11) is 2.09. The Balaban J connectivity index is 1.51. The summed E-state index contributed by atoms with van der Waals surface area (Å²) < 4.78 is 2.27. The molecule has 1 N–H and O–H groups in total. The van der Waals surface area contributed by atoms with Gasteiger partial charge in [0.1, 0.15) is 11.6 Å². The smallest absolute Gasteiger partial charge is 0.128 e. The van der Waals surface area contributed by atoms with E-state index < -0.39 is 0 Å². The number of pyridine rings is 1. The fourth-order valence-corrected chi connectivity index (χ4v) is 4.67. The first kappa shape index (κ1) is 19.4. The lowest BCUT2D eigenvalue weighted by Crippen LogP contribution is -2.36. The third kappa shape index (κ3) is 3.94. The summed E-state index contributed by atoms with van der Waals surface area (Å²) in [6, 6.07) is 5.05. The molecule has 2 aliphatic rings. The Hall–Kier alpha value is -1.92. The van der Waals surface area contributed by atoms with E-state index >= 15 is 0 Å². The monoisotopic (exact) mass is 382 g/mol. The third-order valence-electron chi connectivity index (χ3n) is 6.73. The van der Waals surface area contributed by atoms with E-state index in [0.29, 0.717) is 11.5 Å². The molecule has 1 spiro atoms. The molecule has 1 saturated carbocycles. The van der Waals surface area contributed by atoms with E-state index in [1.165, 1.54) is 30.7 Å². The van der Waals surface area contributed by atoms with Crippen LogP contribution in [0.3, 0.4) is 0 Å². The fourth-order valence-electron chi connectivity index (χ4n) is 4.67. The molecule has 6 nitrogen and oxygen atoms in total. The first-order valence-corrected chi connectivity index (χ1v) is 10.8. The Bertz CT molecular complexity index is 762. The molecule has 0 amide bonds. The average molecular weight is 383 g/mol. The number of imidazole rings is 1. The van der Waals surface area contributed by atoms with E-state index in [1.807, 2.05) is 6.20 Å². The maximum atomic E-state index is 4.69. The van der Waals surface area contributed by atoms with Gasteiger partial charge in [-0.05, 0) is 63.2 Å². The highest BCUT2D eigenvalue weighted by Crippen LogP contribution is 2.56. The van der Waals surface area contributed by atoms with Crippen molar-refractivity contribution >= 4 is 5.82 Å². The summed E-state index contributed by atoms with van der Waals surface area (Å²) in [6.45, 7) is 10.5. The van der Waals surface area contributed by atoms with Crippen LogP contribution in [0.1, 0.15) is 44.5 Å². The normalized spacial score (nSPS) is 20.6. The van der Waals surface area contributed by atoms with Gasteiger partial charge in [0.2, 0.25) is 0 Å². The number of nitrogens with zero attached hydrogens (tertiary/aromatic N) is 5. The largest absolute Gasteiger partial charge is 0.360 e. The van der Waals surface area contributed by atoms with Gasteiger partial charge in [0.15, 0.2) is 0 Å². The van der Waals surface area contributed by atoms with Gasteiger partial charge in [-0.15, -0.1) is 0 Å². The molecule has 152 valence electrons. The summed E-state index contributed by atoms with van der Waals surface area (Å²) in [5, 5.41) is 3.53. The Morgan fingerprint density at radius 3 is 2.68 bits per heavy atom. The van der Waals surface area contributed by atoms with Crippen molar-refractivity contribution in [3.8, 4) is 0 Å². The van der Waals surface area contributed by atoms with Crippen LogP contribution in [0.4, 0.5) is 5.82 Å². The van der Waals surface area contributed by atoms with E-state index in [4.69, 9.17) is 0 Å². The number of nitrogens with one attached hydrogen (secondary N) is 1. The maximum absolute atomic E-state index is 4.69. The Morgan fingerprint density at radius 1 is 1.18 bits per heavy atom. The second-order valence-electron chi connectivity index (χ2n) is 8.41. The molecule has 0 radical (unpaired) electrons. The van der Waals surface area contributed by atoms with Gasteiger partial charge in [-0.3, -0.25) is 4.90 Å². The minimum absolute atomic E-state index is 0.519. The van der Waals surface area contributed by atoms with Crippen molar-refractivity contribution in [2.24, 2.45) is 5.41 Å². The fraction of sp³-hybridized carbons (Fsp3) is 0.636. The van der Waals surface area contributed by atoms with E-state index in [1.54, 1.807) is 0 Å². The zero-order valence-corrected chi connectivity index (χ0v) is 17.6. The van der Waals surface area contributed by atoms with Gasteiger partial charge in [-0.2, -0.15) is 0 Å². The molecular weight excluding hydrogens is 348 g/mol. The predicted molar refractivity (Wildman–Crippen MR) is 113 cm³/mol. The lowest BCUT2D eigenvalue weighted by molar-refractivity contribution is 0.182. The molecule has 1 atom stereocenters. The molecule has 2 fully saturated rings. The Labute approximate surface area is 169 Å². The van der Waals surface area contributed by atoms with Crippen LogP contribution in [0.2, 0.25) is 0 Å². The lowest BCUT2D eigenvalue weighted by atomic mass is 9.93. The number of aromatic nitrogens is 3. The zero-order chi connectivity index (χ0) is 19.6. The van der Waals surface area contributed by atoms with Crippen molar-refractivity contribution in [3.05, 3.63) is 42.1 Å². The average Bonchev–Trinajstić information content (AvgIpc) is 3.21. The molecule has 1 unspecified atom stereocenters. The second kappa shape index (κ2) is 8.21. The second-order valence-corrected chi connectivity index (χ2v) is 8.41. The topological polar surface area (TPSA) is 49.2 Å². The predicted octanol–water partition coefficient (Wildman–Crippen LogP) is 2.90. The quantitative estimate of drug-likeness (QED) is 0.761. The molecule has 6 heteroatoms. The number of anilines is 1. The van der Waals surface area contributed by atoms with Crippen molar-refractivity contribution in [3.63, 3.8) is 0 Å². The zero-order valence-electron chi connectivity index (χ0n) is 17.6. The van der Waals surface area contributed by atoms with E-state index in [2.05, 4.69) is 75.1 Å². The number of hydrogen-bond acceptors (Lipinski definition) is 5. The van der Waals surface area contributed by atoms with E-state index in [0.717, 1.165) is 45.1 Å². The van der Waals surface area contributed by atoms with Crippen molar-refractivity contribution in [1.82, 2.24) is 24.8 Å². The van der Waals surface area contributed by atoms with Gasteiger partial charge in [-0.25, -0.2) is 9.97 Å². The Morgan fingerprint density at radius 2 is 2.00 bits per heavy atom. The molecule has 1 saturated heterocycles. The summed E-state index contributed by atoms with van der Waals surface area (Å²) >= 11 is 0. The van der Waals surface area contributed by atoms with Crippen LogP contribution in [0, 0.1) is 5.41 Å². The molecule has 4 rings (SSSR count). The third-order valence-corrected chi connectivity index (χ3v) is 6.73. The molecule has 3 heterocycles. The van der Waals surface area contributed by atoms with Crippen LogP contribution >= 0.6 is 0 Å². The number of aryl methyl sites for hydroxylation is 1. The minimum Gasteiger partial charge on any atom is -0.360 e. The highest BCUT2D eigenvalue weighted by molar-refractivity contribution is 5.38. The molecule has 1 aliphatic heterocycles. The van der Waals surface area contributed by atoms with Crippen molar-refractivity contribution in [2.75, 3.05) is 31.6 Å². The maximum Gasteiger partial charge on any atom is 0.128 e. The molecule has 2 aromatic heterocycles. The van der Waals surface area contributed by atoms with Gasteiger partial charge < -0.3 is 14.8 Å². The summed E-state index contributed by atoms with van der Waals surface area (Å²) in [4.78, 5) is 14.2. The molecule has 0 bridgehead atoms. The van der Waals surface area contributed by atoms with Crippen LogP contribution in [0.25, 0.3) is 0 Å². The first-order chi connectivity index (χ1) is 13.6. The number of rotatable bonds is 8. The molecular formula is C22H34N6. The number of hydrogen-bond donors (Lipinski definition) is 1. The SMILES string of the molecule is CCN(C)c1ccc(CN(Cc2nccn2CC)C2CC23CCNCC3)cn1. The summed E-state index contributed by atoms with van der Waals surface area (Å²) in [6.07, 6.45) is 10.0. The highest BCUT2D eigenvalue weighted by atomic mass is 15.2. The summed E-state index contributed by atoms with van der Waals surface area (Å²) in [5.41, 5.74) is 1.81. The lowest BCUT2D eigenvalue weighted by Gasteiger charge is -2.29. The number of piperidine rings is 1. The summed E-state index contributed by atoms with van der Waals surface area (Å²) in [5.74, 6) is 2.22. The molecule has 0 aromatic carbocycles. The highest BCUT2D eigenvalue weighted by Gasteiger charge is 2.56. The first-order valence-electron chi connectivity index (χ1n) is 10.8. The van der Waals surface area contributed by atoms with Gasteiger partial charge in [-0.1, -0.05) is 6.07 Å². The van der Waals surface area contributed by atoms with Crippen LogP contribution < -0.4 is 10.2 Å². The van der Waals surface area contributed by atoms with Crippen LogP contribution in [0.5, 0.6) is 0 Å². The van der Waals surface area contributed by atoms with Crippen LogP contribution in [-0.2, 0) is 19.6 Å². The molecule has 2 aromatic rings. The van der Waals surface area contributed by atoms with E-state index in [9.17, 15) is 0 Å². The standard InChI is InChI=1S/C22H34N6/c1-4-26(3)20-7-6-18(15-25-20)16-28(17-21-24-12-13-27(21)5-2)19-14-22(19)8-10-23-11-9-22/h6-7,12-13,15,19,23H,4-5,8-11,14,16-17H2,1-3H3. The van der Waals surface area contributed by atoms with Crippen LogP contribution in [-0.4, -0.2) is 52.2 Å². The van der Waals surface area contributed by atoms with Crippen molar-refractivity contribution in [2.45, 2.75) is 58.8 Å². The van der Waals surface area contributed by atoms with Gasteiger partial charge in [0.05, 0.1) is 6.54 Å². The van der Waals surface area contributed by atoms with Crippen LogP contribution in [0.15, 0.2) is 30.7 Å². The van der Waals surface area contributed by atoms with E-state index in [-0.39, 0.29) is 0 Å². The Kier molecular flexibility index (Phi) is 5.69. The van der Waals surface area contributed by atoms with Crippen molar-refractivity contribution < 1.29 is 0 Å².